The van der Waals surface area contributed by atoms with Crippen LogP contribution < -0.4 is 5.73 Å². The third-order valence-electron chi connectivity index (χ3n) is 3.77. The maximum Gasteiger partial charge on any atom is 0.0663 e. The van der Waals surface area contributed by atoms with Crippen molar-refractivity contribution in [2.24, 2.45) is 5.73 Å². The molecule has 0 aromatic rings. The van der Waals surface area contributed by atoms with Crippen molar-refractivity contribution in [3.63, 3.8) is 0 Å². The number of nitrogens with two attached hydrogens (primary N) is 1. The highest BCUT2D eigenvalue weighted by Gasteiger charge is 2.43. The van der Waals surface area contributed by atoms with E-state index in [0.717, 1.165) is 45.8 Å². The molecule has 4 heteroatoms. The van der Waals surface area contributed by atoms with Crippen LogP contribution in [0, 0.1) is 0 Å². The minimum Gasteiger partial charge on any atom is -0.379 e. The second-order valence-corrected chi connectivity index (χ2v) is 4.56. The van der Waals surface area contributed by atoms with Crippen molar-refractivity contribution < 1.29 is 9.47 Å². The van der Waals surface area contributed by atoms with E-state index in [2.05, 4.69) is 11.8 Å². The van der Waals surface area contributed by atoms with Gasteiger partial charge < -0.3 is 15.2 Å². The standard InChI is InChI=1S/C11H22N2O2/c1-2-10-7-14-6-4-13(10)11(8-12)3-5-15-9-11/h10H,2-9,12H2,1H3. The third-order valence-corrected chi connectivity index (χ3v) is 3.77. The molecule has 2 rings (SSSR count). The highest BCUT2D eigenvalue weighted by molar-refractivity contribution is 4.98. The van der Waals surface area contributed by atoms with E-state index in [1.165, 1.54) is 0 Å². The molecule has 15 heavy (non-hydrogen) atoms. The fourth-order valence-corrected chi connectivity index (χ4v) is 2.72. The Labute approximate surface area is 91.7 Å². The first-order valence-corrected chi connectivity index (χ1v) is 5.95. The van der Waals surface area contributed by atoms with Gasteiger partial charge in [-0.2, -0.15) is 0 Å². The fraction of sp³-hybridized carbons (Fsp3) is 1.00. The minimum absolute atomic E-state index is 0.0878. The van der Waals surface area contributed by atoms with Crippen molar-refractivity contribution in [3.05, 3.63) is 0 Å². The van der Waals surface area contributed by atoms with Crippen LogP contribution in [-0.2, 0) is 9.47 Å². The van der Waals surface area contributed by atoms with Gasteiger partial charge in [-0.1, -0.05) is 6.92 Å². The molecule has 0 aromatic heterocycles. The quantitative estimate of drug-likeness (QED) is 0.730. The lowest BCUT2D eigenvalue weighted by Crippen LogP contribution is -2.62. The van der Waals surface area contributed by atoms with Crippen molar-refractivity contribution in [1.29, 1.82) is 0 Å². The molecular formula is C11H22N2O2. The summed E-state index contributed by atoms with van der Waals surface area (Å²) in [5.41, 5.74) is 6.04. The van der Waals surface area contributed by atoms with E-state index in [4.69, 9.17) is 15.2 Å². The Morgan fingerprint density at radius 2 is 2.27 bits per heavy atom. The molecule has 0 spiro atoms. The van der Waals surface area contributed by atoms with Crippen molar-refractivity contribution in [2.45, 2.75) is 31.3 Å². The molecule has 0 radical (unpaired) electrons. The smallest absolute Gasteiger partial charge is 0.0663 e. The minimum atomic E-state index is 0.0878. The lowest BCUT2D eigenvalue weighted by Gasteiger charge is -2.46. The molecule has 2 heterocycles. The Bertz CT molecular complexity index is 205. The topological polar surface area (TPSA) is 47.7 Å². The van der Waals surface area contributed by atoms with Crippen LogP contribution in [0.2, 0.25) is 0 Å². The Balaban J connectivity index is 2.10. The van der Waals surface area contributed by atoms with E-state index in [1.807, 2.05) is 0 Å². The maximum atomic E-state index is 5.95. The van der Waals surface area contributed by atoms with Gasteiger partial charge in [-0.3, -0.25) is 4.90 Å². The van der Waals surface area contributed by atoms with E-state index in [-0.39, 0.29) is 5.54 Å². The molecule has 2 N–H and O–H groups in total. The van der Waals surface area contributed by atoms with Crippen molar-refractivity contribution in [2.75, 3.05) is 39.5 Å². The summed E-state index contributed by atoms with van der Waals surface area (Å²) in [4.78, 5) is 2.53. The van der Waals surface area contributed by atoms with Crippen molar-refractivity contribution >= 4 is 0 Å². The average molecular weight is 214 g/mol. The zero-order valence-corrected chi connectivity index (χ0v) is 9.58. The van der Waals surface area contributed by atoms with E-state index in [1.54, 1.807) is 0 Å². The van der Waals surface area contributed by atoms with Crippen LogP contribution >= 0.6 is 0 Å². The molecule has 2 fully saturated rings. The van der Waals surface area contributed by atoms with Crippen LogP contribution in [0.1, 0.15) is 19.8 Å². The summed E-state index contributed by atoms with van der Waals surface area (Å²) in [6.45, 7) is 7.23. The molecular weight excluding hydrogens is 192 g/mol. The Morgan fingerprint density at radius 1 is 1.40 bits per heavy atom. The first-order chi connectivity index (χ1) is 7.32. The molecule has 0 amide bonds. The van der Waals surface area contributed by atoms with Crippen molar-refractivity contribution in [3.8, 4) is 0 Å². The van der Waals surface area contributed by atoms with Crippen LogP contribution in [0.5, 0.6) is 0 Å². The molecule has 4 nitrogen and oxygen atoms in total. The number of hydrogen-bond donors (Lipinski definition) is 1. The van der Waals surface area contributed by atoms with E-state index in [0.29, 0.717) is 12.6 Å². The van der Waals surface area contributed by atoms with E-state index in [9.17, 15) is 0 Å². The molecule has 2 saturated heterocycles. The largest absolute Gasteiger partial charge is 0.379 e. The summed E-state index contributed by atoms with van der Waals surface area (Å²) in [5.74, 6) is 0. The van der Waals surface area contributed by atoms with Crippen LogP contribution in [0.25, 0.3) is 0 Å². The summed E-state index contributed by atoms with van der Waals surface area (Å²) in [6.07, 6.45) is 2.20. The summed E-state index contributed by atoms with van der Waals surface area (Å²) >= 11 is 0. The molecule has 0 saturated carbocycles. The van der Waals surface area contributed by atoms with Gasteiger partial charge in [-0.15, -0.1) is 0 Å². The lowest BCUT2D eigenvalue weighted by molar-refractivity contribution is -0.0653. The first-order valence-electron chi connectivity index (χ1n) is 5.95. The Kier molecular flexibility index (Phi) is 3.61. The summed E-state index contributed by atoms with van der Waals surface area (Å²) < 4.78 is 11.1. The van der Waals surface area contributed by atoms with Gasteiger partial charge in [0.15, 0.2) is 0 Å². The molecule has 88 valence electrons. The van der Waals surface area contributed by atoms with Crippen LogP contribution in [0.3, 0.4) is 0 Å². The molecule has 0 bridgehead atoms. The van der Waals surface area contributed by atoms with E-state index >= 15 is 0 Å². The van der Waals surface area contributed by atoms with Gasteiger partial charge in [0.1, 0.15) is 0 Å². The zero-order valence-electron chi connectivity index (χ0n) is 9.58. The SMILES string of the molecule is CCC1COCCN1C1(CN)CCOC1. The predicted molar refractivity (Wildman–Crippen MR) is 58.8 cm³/mol. The maximum absolute atomic E-state index is 5.95. The fourth-order valence-electron chi connectivity index (χ4n) is 2.72. The zero-order chi connectivity index (χ0) is 10.7. The van der Waals surface area contributed by atoms with Gasteiger partial charge in [0.05, 0.1) is 25.4 Å². The number of morpholine rings is 1. The summed E-state index contributed by atoms with van der Waals surface area (Å²) in [7, 11) is 0. The van der Waals surface area contributed by atoms with Gasteiger partial charge >= 0.3 is 0 Å². The number of ether oxygens (including phenoxy) is 2. The second-order valence-electron chi connectivity index (χ2n) is 4.56. The highest BCUT2D eigenvalue weighted by Crippen LogP contribution is 2.29. The monoisotopic (exact) mass is 214 g/mol. The highest BCUT2D eigenvalue weighted by atomic mass is 16.5. The molecule has 2 unspecified atom stereocenters. The third kappa shape index (κ3) is 2.04. The second kappa shape index (κ2) is 4.78. The van der Waals surface area contributed by atoms with Gasteiger partial charge in [-0.05, 0) is 12.8 Å². The normalized spacial score (nSPS) is 38.4. The number of rotatable bonds is 3. The summed E-state index contributed by atoms with van der Waals surface area (Å²) in [6, 6.07) is 0.518. The van der Waals surface area contributed by atoms with E-state index < -0.39 is 0 Å². The lowest BCUT2D eigenvalue weighted by atomic mass is 9.93. The van der Waals surface area contributed by atoms with Gasteiger partial charge in [-0.25, -0.2) is 0 Å². The Hall–Kier alpha value is -0.160. The predicted octanol–water partition coefficient (Wildman–Crippen LogP) is 0.215. The Morgan fingerprint density at radius 3 is 2.87 bits per heavy atom. The number of hydrogen-bond acceptors (Lipinski definition) is 4. The first kappa shape index (κ1) is 11.3. The van der Waals surface area contributed by atoms with Gasteiger partial charge in [0, 0.05) is 25.7 Å². The van der Waals surface area contributed by atoms with Gasteiger partial charge in [0.25, 0.3) is 0 Å². The van der Waals surface area contributed by atoms with Crippen LogP contribution in [0.15, 0.2) is 0 Å². The molecule has 0 aromatic carbocycles. The molecule has 2 aliphatic heterocycles. The van der Waals surface area contributed by atoms with Gasteiger partial charge in [0.2, 0.25) is 0 Å². The molecule has 2 atom stereocenters. The average Bonchev–Trinajstić information content (AvgIpc) is 2.79. The van der Waals surface area contributed by atoms with Crippen molar-refractivity contribution in [1.82, 2.24) is 4.90 Å². The molecule has 2 aliphatic rings. The van der Waals surface area contributed by atoms with Crippen LogP contribution in [0.4, 0.5) is 0 Å². The molecule has 0 aliphatic carbocycles. The summed E-state index contributed by atoms with van der Waals surface area (Å²) in [5, 5.41) is 0. The van der Waals surface area contributed by atoms with Crippen LogP contribution in [-0.4, -0.2) is 56.0 Å². The number of nitrogens with zero attached hydrogens (tertiary/aromatic N) is 1.